The van der Waals surface area contributed by atoms with Gasteiger partial charge in [-0.15, -0.1) is 23.1 Å². The highest BCUT2D eigenvalue weighted by atomic mass is 35.5. The average Bonchev–Trinajstić information content (AvgIpc) is 3.28. The molecule has 0 bridgehead atoms. The summed E-state index contributed by atoms with van der Waals surface area (Å²) in [5, 5.41) is 0.413. The van der Waals surface area contributed by atoms with Crippen LogP contribution >= 0.6 is 34.7 Å². The van der Waals surface area contributed by atoms with Crippen LogP contribution in [0.15, 0.2) is 65.6 Å². The topological polar surface area (TPSA) is 48.4 Å². The number of alkyl halides is 3. The van der Waals surface area contributed by atoms with Crippen LogP contribution in [0.5, 0.6) is 5.75 Å². The second kappa shape index (κ2) is 12.6. The lowest BCUT2D eigenvalue weighted by Crippen LogP contribution is -2.14. The van der Waals surface area contributed by atoms with Gasteiger partial charge < -0.3 is 9.47 Å². The van der Waals surface area contributed by atoms with Gasteiger partial charge in [0.05, 0.1) is 23.1 Å². The smallest absolute Gasteiger partial charge is 0.416 e. The van der Waals surface area contributed by atoms with E-state index in [9.17, 15) is 22.4 Å². The number of thioether (sulfide) groups is 1. The standard InChI is InChI=1S/C29H24ClF4NO3S2/c1-4-37-25(36)15-38-24-12-10-21(13-16(24)2)39-27(22-11-9-20(31)14-23(22)30)26-17(3)35-28(40-26)18-5-7-19(8-6-18)29(32,33)34/h5-14,27H,4,15H2,1-3H3. The minimum Gasteiger partial charge on any atom is -0.482 e. The predicted octanol–water partition coefficient (Wildman–Crippen LogP) is 9.06. The molecule has 40 heavy (non-hydrogen) atoms. The van der Waals surface area contributed by atoms with Gasteiger partial charge in [-0.1, -0.05) is 29.8 Å². The van der Waals surface area contributed by atoms with Crippen LogP contribution in [0.2, 0.25) is 5.02 Å². The molecule has 4 rings (SSSR count). The first-order valence-corrected chi connectivity index (χ1v) is 14.2. The van der Waals surface area contributed by atoms with E-state index in [0.717, 1.165) is 27.5 Å². The molecule has 4 aromatic rings. The summed E-state index contributed by atoms with van der Waals surface area (Å²) in [5.74, 6) is -0.397. The quantitative estimate of drug-likeness (QED) is 0.108. The minimum absolute atomic E-state index is 0.207. The van der Waals surface area contributed by atoms with E-state index in [1.54, 1.807) is 19.1 Å². The number of nitrogens with zero attached hydrogens (tertiary/aromatic N) is 1. The lowest BCUT2D eigenvalue weighted by Gasteiger charge is -2.19. The number of thiazole rings is 1. The van der Waals surface area contributed by atoms with Crippen LogP contribution in [0.3, 0.4) is 0 Å². The van der Waals surface area contributed by atoms with Crippen molar-refractivity contribution in [2.75, 3.05) is 13.2 Å². The van der Waals surface area contributed by atoms with Crippen molar-refractivity contribution in [2.24, 2.45) is 0 Å². The van der Waals surface area contributed by atoms with E-state index in [1.807, 2.05) is 26.0 Å². The van der Waals surface area contributed by atoms with E-state index in [-0.39, 0.29) is 23.5 Å². The van der Waals surface area contributed by atoms with Crippen molar-refractivity contribution in [1.29, 1.82) is 0 Å². The van der Waals surface area contributed by atoms with E-state index < -0.39 is 23.5 Å². The van der Waals surface area contributed by atoms with Crippen molar-refractivity contribution in [3.05, 3.63) is 98.8 Å². The number of carbonyl (C=O) groups is 1. The fraction of sp³-hybridized carbons (Fsp3) is 0.241. The number of aromatic nitrogens is 1. The summed E-state index contributed by atoms with van der Waals surface area (Å²) in [4.78, 5) is 18.0. The molecule has 0 saturated carbocycles. The Hall–Kier alpha value is -3.08. The Kier molecular flexibility index (Phi) is 9.43. The molecule has 0 fully saturated rings. The highest BCUT2D eigenvalue weighted by Gasteiger charge is 2.30. The highest BCUT2D eigenvalue weighted by Crippen LogP contribution is 2.48. The van der Waals surface area contributed by atoms with Gasteiger partial charge in [-0.2, -0.15) is 13.2 Å². The maximum absolute atomic E-state index is 13.9. The summed E-state index contributed by atoms with van der Waals surface area (Å²) < 4.78 is 63.5. The molecule has 0 saturated heterocycles. The molecular weight excluding hydrogens is 586 g/mol. The van der Waals surface area contributed by atoms with Crippen molar-refractivity contribution in [3.63, 3.8) is 0 Å². The molecule has 1 atom stereocenters. The molecule has 0 radical (unpaired) electrons. The number of halogens is 5. The van der Waals surface area contributed by atoms with Crippen LogP contribution in [-0.2, 0) is 15.7 Å². The Morgan fingerprint density at radius 1 is 1.07 bits per heavy atom. The average molecular weight is 610 g/mol. The van der Waals surface area contributed by atoms with Crippen molar-refractivity contribution in [1.82, 2.24) is 4.98 Å². The predicted molar refractivity (Wildman–Crippen MR) is 150 cm³/mol. The summed E-state index contributed by atoms with van der Waals surface area (Å²) in [6.45, 7) is 5.45. The summed E-state index contributed by atoms with van der Waals surface area (Å²) in [7, 11) is 0. The first kappa shape index (κ1) is 29.9. The number of esters is 1. The number of carbonyl (C=O) groups excluding carboxylic acids is 1. The SMILES string of the molecule is CCOC(=O)COc1ccc(SC(c2ccc(F)cc2Cl)c2sc(-c3ccc(C(F)(F)F)cc3)nc2C)cc1C. The molecule has 1 aromatic heterocycles. The van der Waals surface area contributed by atoms with E-state index in [4.69, 9.17) is 21.1 Å². The Balaban J connectivity index is 1.67. The Morgan fingerprint density at radius 2 is 1.80 bits per heavy atom. The van der Waals surface area contributed by atoms with Crippen LogP contribution in [0, 0.1) is 19.7 Å². The van der Waals surface area contributed by atoms with Gasteiger partial charge in [0.2, 0.25) is 0 Å². The molecule has 1 heterocycles. The van der Waals surface area contributed by atoms with Crippen molar-refractivity contribution < 1.29 is 31.8 Å². The van der Waals surface area contributed by atoms with Gasteiger partial charge in [0.15, 0.2) is 6.61 Å². The Bertz CT molecular complexity index is 1510. The number of hydrogen-bond acceptors (Lipinski definition) is 6. The van der Waals surface area contributed by atoms with Gasteiger partial charge in [-0.05, 0) is 74.4 Å². The molecule has 0 amide bonds. The summed E-state index contributed by atoms with van der Waals surface area (Å²) in [5.41, 5.74) is 1.97. The zero-order valence-electron chi connectivity index (χ0n) is 21.6. The largest absolute Gasteiger partial charge is 0.482 e. The third-order valence-corrected chi connectivity index (χ3v) is 8.83. The molecule has 0 aliphatic heterocycles. The van der Waals surface area contributed by atoms with Crippen molar-refractivity contribution in [3.8, 4) is 16.3 Å². The molecule has 0 aliphatic rings. The molecule has 11 heteroatoms. The van der Waals surface area contributed by atoms with Gasteiger partial charge in [0.25, 0.3) is 0 Å². The van der Waals surface area contributed by atoms with Gasteiger partial charge in [-0.3, -0.25) is 0 Å². The summed E-state index contributed by atoms with van der Waals surface area (Å²) in [6, 6.07) is 14.6. The van der Waals surface area contributed by atoms with Crippen LogP contribution in [-0.4, -0.2) is 24.2 Å². The first-order chi connectivity index (χ1) is 19.0. The van der Waals surface area contributed by atoms with E-state index in [2.05, 4.69) is 4.98 Å². The minimum atomic E-state index is -4.43. The second-order valence-corrected chi connectivity index (χ2v) is 11.3. The molecular formula is C29H24ClF4NO3S2. The van der Waals surface area contributed by atoms with Crippen LogP contribution in [0.4, 0.5) is 17.6 Å². The number of aryl methyl sites for hydroxylation is 2. The Labute approximate surface area is 242 Å². The van der Waals surface area contributed by atoms with E-state index >= 15 is 0 Å². The summed E-state index contributed by atoms with van der Waals surface area (Å²) >= 11 is 9.30. The molecule has 0 spiro atoms. The molecule has 0 N–H and O–H groups in total. The monoisotopic (exact) mass is 609 g/mol. The second-order valence-electron chi connectivity index (χ2n) is 8.73. The summed E-state index contributed by atoms with van der Waals surface area (Å²) in [6.07, 6.45) is -4.43. The van der Waals surface area contributed by atoms with Crippen LogP contribution in [0.25, 0.3) is 10.6 Å². The van der Waals surface area contributed by atoms with Gasteiger partial charge in [0, 0.05) is 20.4 Å². The molecule has 210 valence electrons. The van der Waals surface area contributed by atoms with Gasteiger partial charge >= 0.3 is 12.1 Å². The maximum atomic E-state index is 13.9. The molecule has 1 unspecified atom stereocenters. The lowest BCUT2D eigenvalue weighted by atomic mass is 10.1. The third-order valence-electron chi connectivity index (χ3n) is 5.83. The zero-order chi connectivity index (χ0) is 29.0. The fourth-order valence-electron chi connectivity index (χ4n) is 3.88. The zero-order valence-corrected chi connectivity index (χ0v) is 24.0. The van der Waals surface area contributed by atoms with E-state index in [0.29, 0.717) is 27.6 Å². The highest BCUT2D eigenvalue weighted by molar-refractivity contribution is 7.99. The number of ether oxygens (including phenoxy) is 2. The molecule has 3 aromatic carbocycles. The van der Waals surface area contributed by atoms with Crippen molar-refractivity contribution >= 4 is 40.7 Å². The van der Waals surface area contributed by atoms with Crippen molar-refractivity contribution in [2.45, 2.75) is 37.1 Å². The third kappa shape index (κ3) is 7.16. The molecule has 0 aliphatic carbocycles. The maximum Gasteiger partial charge on any atom is 0.416 e. The number of benzene rings is 3. The normalized spacial score (nSPS) is 12.3. The van der Waals surface area contributed by atoms with Gasteiger partial charge in [-0.25, -0.2) is 14.2 Å². The van der Waals surface area contributed by atoms with Crippen LogP contribution in [0.1, 0.15) is 39.4 Å². The first-order valence-electron chi connectivity index (χ1n) is 12.1. The van der Waals surface area contributed by atoms with Gasteiger partial charge in [0.1, 0.15) is 16.6 Å². The molecule has 4 nitrogen and oxygen atoms in total. The number of hydrogen-bond donors (Lipinski definition) is 0. The fourth-order valence-corrected chi connectivity index (χ4v) is 6.86. The number of rotatable bonds is 9. The van der Waals surface area contributed by atoms with Crippen LogP contribution < -0.4 is 4.74 Å². The van der Waals surface area contributed by atoms with E-state index in [1.165, 1.54) is 47.4 Å². The Morgan fingerprint density at radius 3 is 2.42 bits per heavy atom. The lowest BCUT2D eigenvalue weighted by molar-refractivity contribution is -0.145.